The first-order valence-corrected chi connectivity index (χ1v) is 9.13. The minimum Gasteiger partial charge on any atom is -0.480 e. The lowest BCUT2D eigenvalue weighted by atomic mass is 9.97. The molecule has 1 aliphatic heterocycles. The van der Waals surface area contributed by atoms with Crippen LogP contribution in [0.15, 0.2) is 47.0 Å². The maximum Gasteiger partial charge on any atom is 0.259 e. The van der Waals surface area contributed by atoms with Crippen LogP contribution in [0.1, 0.15) is 35.4 Å². The summed E-state index contributed by atoms with van der Waals surface area (Å²) in [7, 11) is 1.51. The molecule has 2 aromatic heterocycles. The van der Waals surface area contributed by atoms with Crippen molar-refractivity contribution in [3.63, 3.8) is 0 Å². The molecule has 3 heterocycles. The minimum atomic E-state index is -0.284. The fourth-order valence-corrected chi connectivity index (χ4v) is 3.75. The number of likely N-dealkylation sites (tertiary alicyclic amines) is 1. The van der Waals surface area contributed by atoms with Crippen LogP contribution in [0, 0.1) is 5.82 Å². The van der Waals surface area contributed by atoms with Crippen LogP contribution in [0.2, 0.25) is 0 Å². The number of hydrogen-bond donors (Lipinski definition) is 0. The number of aromatic nitrogens is 1. The Labute approximate surface area is 156 Å². The zero-order valence-electron chi connectivity index (χ0n) is 15.2. The molecule has 27 heavy (non-hydrogen) atoms. The minimum absolute atomic E-state index is 0.0292. The van der Waals surface area contributed by atoms with Crippen molar-refractivity contribution in [3.05, 3.63) is 59.7 Å². The number of furan rings is 1. The highest BCUT2D eigenvalue weighted by Gasteiger charge is 2.30. The number of methoxy groups -OCH3 is 1. The zero-order valence-corrected chi connectivity index (χ0v) is 15.2. The van der Waals surface area contributed by atoms with Crippen LogP contribution in [0.4, 0.5) is 4.39 Å². The summed E-state index contributed by atoms with van der Waals surface area (Å²) >= 11 is 0. The summed E-state index contributed by atoms with van der Waals surface area (Å²) in [5.74, 6) is 0.740. The van der Waals surface area contributed by atoms with Crippen molar-refractivity contribution in [2.45, 2.75) is 31.7 Å². The van der Waals surface area contributed by atoms with Crippen molar-refractivity contribution >= 4 is 16.9 Å². The molecular formula is C21H21FN2O3. The second kappa shape index (κ2) is 7.39. The van der Waals surface area contributed by atoms with Gasteiger partial charge in [-0.05, 0) is 55.7 Å². The van der Waals surface area contributed by atoms with E-state index in [1.54, 1.807) is 24.4 Å². The van der Waals surface area contributed by atoms with E-state index in [9.17, 15) is 9.18 Å². The number of rotatable bonds is 4. The van der Waals surface area contributed by atoms with Crippen LogP contribution in [-0.2, 0) is 6.42 Å². The van der Waals surface area contributed by atoms with Gasteiger partial charge in [0.1, 0.15) is 22.7 Å². The molecule has 1 atom stereocenters. The van der Waals surface area contributed by atoms with Crippen molar-refractivity contribution in [2.75, 3.05) is 13.7 Å². The Morgan fingerprint density at radius 2 is 2.22 bits per heavy atom. The molecule has 1 saturated heterocycles. The summed E-state index contributed by atoms with van der Waals surface area (Å²) in [6.45, 7) is 0.691. The summed E-state index contributed by atoms with van der Waals surface area (Å²) < 4.78 is 24.5. The van der Waals surface area contributed by atoms with E-state index in [0.29, 0.717) is 30.0 Å². The smallest absolute Gasteiger partial charge is 0.259 e. The summed E-state index contributed by atoms with van der Waals surface area (Å²) in [4.78, 5) is 19.1. The first-order valence-electron chi connectivity index (χ1n) is 9.13. The van der Waals surface area contributed by atoms with E-state index in [1.807, 2.05) is 11.0 Å². The van der Waals surface area contributed by atoms with Gasteiger partial charge in [-0.3, -0.25) is 4.79 Å². The number of nitrogens with zero attached hydrogens (tertiary/aromatic N) is 2. The average Bonchev–Trinajstić information content (AvgIpc) is 3.09. The first-order chi connectivity index (χ1) is 13.2. The quantitative estimate of drug-likeness (QED) is 0.692. The number of benzene rings is 1. The molecule has 0 saturated carbocycles. The number of halogens is 1. The molecule has 5 nitrogen and oxygen atoms in total. The van der Waals surface area contributed by atoms with Gasteiger partial charge in [-0.15, -0.1) is 0 Å². The highest BCUT2D eigenvalue weighted by Crippen LogP contribution is 2.28. The second-order valence-corrected chi connectivity index (χ2v) is 6.81. The Bertz CT molecular complexity index is 969. The van der Waals surface area contributed by atoms with Gasteiger partial charge < -0.3 is 14.1 Å². The number of carbonyl (C=O) groups excluding carboxylic acids is 1. The van der Waals surface area contributed by atoms with Crippen molar-refractivity contribution in [1.82, 2.24) is 9.88 Å². The molecule has 0 aliphatic carbocycles. The zero-order chi connectivity index (χ0) is 18.8. The molecule has 6 heteroatoms. The summed E-state index contributed by atoms with van der Waals surface area (Å²) in [5, 5.41) is 0.743. The number of pyridine rings is 1. The van der Waals surface area contributed by atoms with E-state index >= 15 is 0 Å². The largest absolute Gasteiger partial charge is 0.480 e. The van der Waals surface area contributed by atoms with E-state index in [0.717, 1.165) is 30.4 Å². The molecule has 1 aromatic carbocycles. The monoisotopic (exact) mass is 368 g/mol. The van der Waals surface area contributed by atoms with Gasteiger partial charge in [-0.2, -0.15) is 0 Å². The lowest BCUT2D eigenvalue weighted by Gasteiger charge is -2.35. The molecule has 0 unspecified atom stereocenters. The molecular weight excluding hydrogens is 347 g/mol. The van der Waals surface area contributed by atoms with E-state index in [1.165, 1.54) is 19.2 Å². The topological polar surface area (TPSA) is 55.6 Å². The molecule has 4 rings (SSSR count). The molecule has 0 bridgehead atoms. The maximum absolute atomic E-state index is 13.4. The van der Waals surface area contributed by atoms with Gasteiger partial charge in [0.15, 0.2) is 0 Å². The van der Waals surface area contributed by atoms with Gasteiger partial charge >= 0.3 is 0 Å². The summed E-state index contributed by atoms with van der Waals surface area (Å²) in [6, 6.07) is 9.86. The van der Waals surface area contributed by atoms with Crippen molar-refractivity contribution in [1.29, 1.82) is 0 Å². The fourth-order valence-electron chi connectivity index (χ4n) is 3.75. The standard InChI is InChI=1S/C21H21FN2O3/c1-26-20-18(6-4-9-23-20)21(25)24-10-3-2-5-16(24)13-17-12-14-11-15(22)7-8-19(14)27-17/h4,6-9,11-12,16H,2-3,5,10,13H2,1H3/t16-/m0/s1. The third kappa shape index (κ3) is 3.52. The van der Waals surface area contributed by atoms with Gasteiger partial charge in [0, 0.05) is 30.6 Å². The SMILES string of the molecule is COc1ncccc1C(=O)N1CCCC[C@H]1Cc1cc2cc(F)ccc2o1. The Morgan fingerprint density at radius 1 is 1.33 bits per heavy atom. The van der Waals surface area contributed by atoms with Crippen LogP contribution >= 0.6 is 0 Å². The molecule has 0 N–H and O–H groups in total. The number of fused-ring (bicyclic) bond motifs is 1. The third-order valence-electron chi connectivity index (χ3n) is 5.05. The van der Waals surface area contributed by atoms with Crippen molar-refractivity contribution < 1.29 is 18.3 Å². The molecule has 140 valence electrons. The summed E-state index contributed by atoms with van der Waals surface area (Å²) in [6.07, 6.45) is 5.14. The normalized spacial score (nSPS) is 17.3. The number of hydrogen-bond acceptors (Lipinski definition) is 4. The highest BCUT2D eigenvalue weighted by molar-refractivity contribution is 5.96. The van der Waals surface area contributed by atoms with Gasteiger partial charge in [-0.1, -0.05) is 0 Å². The van der Waals surface area contributed by atoms with Crippen molar-refractivity contribution in [2.24, 2.45) is 0 Å². The molecule has 1 aliphatic rings. The third-order valence-corrected chi connectivity index (χ3v) is 5.05. The van der Waals surface area contributed by atoms with Gasteiger partial charge in [-0.25, -0.2) is 9.37 Å². The van der Waals surface area contributed by atoms with Crippen LogP contribution in [0.5, 0.6) is 5.88 Å². The average molecular weight is 368 g/mol. The molecule has 1 amide bonds. The molecule has 3 aromatic rings. The summed E-state index contributed by atoms with van der Waals surface area (Å²) in [5.41, 5.74) is 1.13. The second-order valence-electron chi connectivity index (χ2n) is 6.81. The van der Waals surface area contributed by atoms with Crippen LogP contribution in [-0.4, -0.2) is 35.5 Å². The Morgan fingerprint density at radius 3 is 3.07 bits per heavy atom. The Balaban J connectivity index is 1.59. The van der Waals surface area contributed by atoms with E-state index in [4.69, 9.17) is 9.15 Å². The maximum atomic E-state index is 13.4. The van der Waals surface area contributed by atoms with Crippen LogP contribution in [0.3, 0.4) is 0 Å². The highest BCUT2D eigenvalue weighted by atomic mass is 19.1. The lowest BCUT2D eigenvalue weighted by molar-refractivity contribution is 0.0603. The Kier molecular flexibility index (Phi) is 4.79. The predicted molar refractivity (Wildman–Crippen MR) is 99.3 cm³/mol. The van der Waals surface area contributed by atoms with E-state index in [-0.39, 0.29) is 17.8 Å². The van der Waals surface area contributed by atoms with Gasteiger partial charge in [0.2, 0.25) is 5.88 Å². The molecule has 0 radical (unpaired) electrons. The van der Waals surface area contributed by atoms with Crippen LogP contribution < -0.4 is 4.74 Å². The lowest BCUT2D eigenvalue weighted by Crippen LogP contribution is -2.45. The molecule has 0 spiro atoms. The van der Waals surface area contributed by atoms with Gasteiger partial charge in [0.05, 0.1) is 7.11 Å². The Hall–Kier alpha value is -2.89. The predicted octanol–water partition coefficient (Wildman–Crippen LogP) is 4.21. The number of piperidine rings is 1. The van der Waals surface area contributed by atoms with Crippen molar-refractivity contribution in [3.8, 4) is 5.88 Å². The van der Waals surface area contributed by atoms with Gasteiger partial charge in [0.25, 0.3) is 5.91 Å². The number of amides is 1. The van der Waals surface area contributed by atoms with E-state index < -0.39 is 0 Å². The number of carbonyl (C=O) groups is 1. The fraction of sp³-hybridized carbons (Fsp3) is 0.333. The first kappa shape index (κ1) is 17.5. The molecule has 1 fully saturated rings. The van der Waals surface area contributed by atoms with E-state index in [2.05, 4.69) is 4.98 Å². The van der Waals surface area contributed by atoms with Crippen LogP contribution in [0.25, 0.3) is 11.0 Å². The number of ether oxygens (including phenoxy) is 1.